The number of aliphatic hydroxyl groups is 1. The highest BCUT2D eigenvalue weighted by atomic mass is 16.5. The molecule has 1 aromatic heterocycles. The van der Waals surface area contributed by atoms with Crippen molar-refractivity contribution in [1.29, 1.82) is 0 Å². The van der Waals surface area contributed by atoms with Crippen LogP contribution in [0.5, 0.6) is 0 Å². The van der Waals surface area contributed by atoms with Gasteiger partial charge in [-0.25, -0.2) is 4.98 Å². The van der Waals surface area contributed by atoms with Crippen molar-refractivity contribution in [1.82, 2.24) is 9.88 Å². The third-order valence-corrected chi connectivity index (χ3v) is 2.73. The van der Waals surface area contributed by atoms with Crippen LogP contribution in [0.4, 0.5) is 5.82 Å². The van der Waals surface area contributed by atoms with Crippen LogP contribution in [0.3, 0.4) is 0 Å². The quantitative estimate of drug-likeness (QED) is 0.742. The van der Waals surface area contributed by atoms with Gasteiger partial charge in [0.2, 0.25) is 0 Å². The fourth-order valence-electron chi connectivity index (χ4n) is 1.74. The summed E-state index contributed by atoms with van der Waals surface area (Å²) in [6.45, 7) is 2.99. The molecule has 0 fully saturated rings. The Balaban J connectivity index is 2.91. The topological polar surface area (TPSA) is 88.7 Å². The highest BCUT2D eigenvalue weighted by molar-refractivity contribution is 5.95. The lowest BCUT2D eigenvalue weighted by molar-refractivity contribution is 0.0656. The van der Waals surface area contributed by atoms with Crippen molar-refractivity contribution in [3.8, 4) is 0 Å². The number of rotatable bonds is 7. The highest BCUT2D eigenvalue weighted by Crippen LogP contribution is 2.11. The van der Waals surface area contributed by atoms with Crippen molar-refractivity contribution in [2.24, 2.45) is 0 Å². The molecule has 0 aliphatic carbocycles. The third kappa shape index (κ3) is 4.50. The van der Waals surface area contributed by atoms with Crippen molar-refractivity contribution in [3.63, 3.8) is 0 Å². The molecule has 0 bridgehead atoms. The molecule has 1 rings (SSSR count). The first-order valence-electron chi connectivity index (χ1n) is 6.27. The normalized spacial score (nSPS) is 10.5. The van der Waals surface area contributed by atoms with Gasteiger partial charge in [0.05, 0.1) is 13.2 Å². The molecule has 0 saturated carbocycles. The summed E-state index contributed by atoms with van der Waals surface area (Å²) in [5.41, 5.74) is 6.96. The van der Waals surface area contributed by atoms with Gasteiger partial charge in [-0.05, 0) is 18.6 Å². The number of nitrogens with two attached hydrogens (primary N) is 1. The molecule has 1 amide bonds. The number of aromatic nitrogens is 1. The molecule has 0 aliphatic heterocycles. The molecule has 0 saturated heterocycles. The summed E-state index contributed by atoms with van der Waals surface area (Å²) in [7, 11) is 1.57. The van der Waals surface area contributed by atoms with E-state index in [1.165, 1.54) is 4.90 Å². The molecule has 0 spiro atoms. The van der Waals surface area contributed by atoms with E-state index in [9.17, 15) is 4.79 Å². The molecule has 0 unspecified atom stereocenters. The highest BCUT2D eigenvalue weighted by Gasteiger charge is 2.16. The van der Waals surface area contributed by atoms with Crippen LogP contribution in [0.25, 0.3) is 0 Å². The van der Waals surface area contributed by atoms with E-state index in [-0.39, 0.29) is 19.1 Å². The number of amides is 1. The van der Waals surface area contributed by atoms with Gasteiger partial charge in [-0.15, -0.1) is 0 Å². The summed E-state index contributed by atoms with van der Waals surface area (Å²) in [5.74, 6) is 0.160. The molecule has 6 nitrogen and oxygen atoms in total. The number of aryl methyl sites for hydroxylation is 1. The van der Waals surface area contributed by atoms with Gasteiger partial charge in [0.1, 0.15) is 5.82 Å². The number of nitrogens with zero attached hydrogens (tertiary/aromatic N) is 2. The fourth-order valence-corrected chi connectivity index (χ4v) is 1.74. The number of carbonyl (C=O) groups is 1. The number of methoxy groups -OCH3 is 1. The zero-order valence-corrected chi connectivity index (χ0v) is 11.4. The molecule has 3 N–H and O–H groups in total. The largest absolute Gasteiger partial charge is 0.395 e. The zero-order chi connectivity index (χ0) is 14.3. The Morgan fingerprint density at radius 1 is 1.47 bits per heavy atom. The van der Waals surface area contributed by atoms with Crippen LogP contribution in [-0.4, -0.2) is 54.3 Å². The first-order chi connectivity index (χ1) is 9.12. The predicted molar refractivity (Wildman–Crippen MR) is 72.9 cm³/mol. The monoisotopic (exact) mass is 267 g/mol. The Morgan fingerprint density at radius 3 is 2.79 bits per heavy atom. The van der Waals surface area contributed by atoms with E-state index >= 15 is 0 Å². The maximum absolute atomic E-state index is 12.3. The molecule has 1 heterocycles. The Hall–Kier alpha value is -1.66. The fraction of sp³-hybridized carbons (Fsp3) is 0.538. The van der Waals surface area contributed by atoms with E-state index in [1.807, 2.05) is 6.92 Å². The van der Waals surface area contributed by atoms with Gasteiger partial charge in [0.25, 0.3) is 5.91 Å². The van der Waals surface area contributed by atoms with E-state index in [2.05, 4.69) is 4.98 Å². The minimum Gasteiger partial charge on any atom is -0.395 e. The lowest BCUT2D eigenvalue weighted by atomic mass is 10.1. The smallest absolute Gasteiger partial charge is 0.254 e. The number of pyridine rings is 1. The molecular formula is C13H21N3O3. The summed E-state index contributed by atoms with van der Waals surface area (Å²) in [4.78, 5) is 18.0. The van der Waals surface area contributed by atoms with E-state index in [4.69, 9.17) is 15.6 Å². The lowest BCUT2D eigenvalue weighted by Gasteiger charge is -2.21. The van der Waals surface area contributed by atoms with E-state index < -0.39 is 0 Å². The van der Waals surface area contributed by atoms with E-state index in [0.717, 1.165) is 5.69 Å². The van der Waals surface area contributed by atoms with Gasteiger partial charge in [-0.2, -0.15) is 0 Å². The van der Waals surface area contributed by atoms with Crippen LogP contribution in [0.15, 0.2) is 12.1 Å². The van der Waals surface area contributed by atoms with Crippen LogP contribution in [0.2, 0.25) is 0 Å². The Morgan fingerprint density at radius 2 is 2.21 bits per heavy atom. The number of ether oxygens (including phenoxy) is 1. The molecule has 0 radical (unpaired) electrons. The second-order valence-electron chi connectivity index (χ2n) is 4.13. The third-order valence-electron chi connectivity index (χ3n) is 2.73. The number of hydrogen-bond donors (Lipinski definition) is 2. The van der Waals surface area contributed by atoms with Gasteiger partial charge < -0.3 is 20.5 Å². The Bertz CT molecular complexity index is 424. The van der Waals surface area contributed by atoms with Crippen LogP contribution < -0.4 is 5.73 Å². The van der Waals surface area contributed by atoms with E-state index in [0.29, 0.717) is 31.0 Å². The molecular weight excluding hydrogens is 246 g/mol. The summed E-state index contributed by atoms with van der Waals surface area (Å²) in [6, 6.07) is 3.29. The molecule has 0 aromatic carbocycles. The average Bonchev–Trinajstić information content (AvgIpc) is 2.41. The maximum atomic E-state index is 12.3. The first kappa shape index (κ1) is 15.4. The van der Waals surface area contributed by atoms with E-state index in [1.54, 1.807) is 19.2 Å². The van der Waals surface area contributed by atoms with Crippen molar-refractivity contribution >= 4 is 11.7 Å². The summed E-state index contributed by atoms with van der Waals surface area (Å²) >= 11 is 0. The molecule has 0 atom stereocenters. The lowest BCUT2D eigenvalue weighted by Crippen LogP contribution is -2.36. The minimum atomic E-state index is -0.171. The second-order valence-corrected chi connectivity index (χ2v) is 4.13. The van der Waals surface area contributed by atoms with Gasteiger partial charge >= 0.3 is 0 Å². The van der Waals surface area contributed by atoms with Gasteiger partial charge in [0.15, 0.2) is 0 Å². The summed E-state index contributed by atoms with van der Waals surface area (Å²) < 4.78 is 4.96. The van der Waals surface area contributed by atoms with Crippen LogP contribution >= 0.6 is 0 Å². The second kappa shape index (κ2) is 7.70. The molecule has 19 heavy (non-hydrogen) atoms. The van der Waals surface area contributed by atoms with Gasteiger partial charge in [-0.1, -0.05) is 6.92 Å². The SMILES string of the molecule is CCc1cc(C(=O)N(CCO)CCOC)cc(N)n1. The van der Waals surface area contributed by atoms with Crippen LogP contribution in [0.1, 0.15) is 23.0 Å². The molecule has 0 aliphatic rings. The number of hydrogen-bond acceptors (Lipinski definition) is 5. The number of aliphatic hydroxyl groups excluding tert-OH is 1. The Kier molecular flexibility index (Phi) is 6.24. The first-order valence-corrected chi connectivity index (χ1v) is 6.27. The number of anilines is 1. The number of nitrogen functional groups attached to an aromatic ring is 1. The van der Waals surface area contributed by atoms with Crippen molar-refractivity contribution < 1.29 is 14.6 Å². The number of carbonyl (C=O) groups excluding carboxylic acids is 1. The summed E-state index contributed by atoms with van der Waals surface area (Å²) in [6.07, 6.45) is 0.712. The van der Waals surface area contributed by atoms with Crippen LogP contribution in [0, 0.1) is 0 Å². The standard InChI is InChI=1S/C13H21N3O3/c1-3-11-8-10(9-12(14)15-11)13(18)16(4-6-17)5-7-19-2/h8-9,17H,3-7H2,1-2H3,(H2,14,15). The maximum Gasteiger partial charge on any atom is 0.254 e. The van der Waals surface area contributed by atoms with Crippen LogP contribution in [-0.2, 0) is 11.2 Å². The van der Waals surface area contributed by atoms with Crippen molar-refractivity contribution in [2.45, 2.75) is 13.3 Å². The minimum absolute atomic E-state index is 0.0867. The van der Waals surface area contributed by atoms with Crippen molar-refractivity contribution in [3.05, 3.63) is 23.4 Å². The van der Waals surface area contributed by atoms with Gasteiger partial charge in [0, 0.05) is 31.5 Å². The molecule has 1 aromatic rings. The average molecular weight is 267 g/mol. The zero-order valence-electron chi connectivity index (χ0n) is 11.4. The van der Waals surface area contributed by atoms with Gasteiger partial charge in [-0.3, -0.25) is 4.79 Å². The molecule has 106 valence electrons. The van der Waals surface area contributed by atoms with Crippen molar-refractivity contribution in [2.75, 3.05) is 39.1 Å². The summed E-state index contributed by atoms with van der Waals surface area (Å²) in [5, 5.41) is 9.02. The molecule has 6 heteroatoms. The Labute approximate surface area is 113 Å². The predicted octanol–water partition coefficient (Wildman–Crippen LogP) is 0.307.